The van der Waals surface area contributed by atoms with Crippen molar-refractivity contribution in [2.45, 2.75) is 31.6 Å². The van der Waals surface area contributed by atoms with E-state index in [-0.39, 0.29) is 5.56 Å². The Balaban J connectivity index is 1.83. The zero-order chi connectivity index (χ0) is 15.7. The number of rotatable bonds is 3. The molecule has 0 saturated carbocycles. The van der Waals surface area contributed by atoms with Gasteiger partial charge in [0.25, 0.3) is 0 Å². The van der Waals surface area contributed by atoms with Gasteiger partial charge in [-0.1, -0.05) is 0 Å². The van der Waals surface area contributed by atoms with E-state index in [1.165, 1.54) is 6.07 Å². The minimum Gasteiger partial charge on any atom is -0.335 e. The molecule has 3 nitrogen and oxygen atoms in total. The van der Waals surface area contributed by atoms with Crippen molar-refractivity contribution in [3.8, 4) is 11.3 Å². The molecule has 118 valence electrons. The van der Waals surface area contributed by atoms with Crippen molar-refractivity contribution < 1.29 is 17.6 Å². The second-order valence-electron chi connectivity index (χ2n) is 5.44. The van der Waals surface area contributed by atoms with Gasteiger partial charge in [0.15, 0.2) is 0 Å². The van der Waals surface area contributed by atoms with Crippen LogP contribution < -0.4 is 5.32 Å². The Morgan fingerprint density at radius 1 is 1.32 bits per heavy atom. The zero-order valence-corrected chi connectivity index (χ0v) is 11.7. The Bertz CT molecular complexity index is 657. The summed E-state index contributed by atoms with van der Waals surface area (Å²) in [5.41, 5.74) is -0.604. The number of benzene rings is 1. The summed E-state index contributed by atoms with van der Waals surface area (Å²) in [6.07, 6.45) is 0.761. The van der Waals surface area contributed by atoms with Crippen LogP contribution in [0.25, 0.3) is 11.3 Å². The summed E-state index contributed by atoms with van der Waals surface area (Å²) in [5.74, 6) is -1.27. The largest absolute Gasteiger partial charge is 0.419 e. The molecule has 1 atom stereocenters. The fourth-order valence-electron chi connectivity index (χ4n) is 2.68. The lowest BCUT2D eigenvalue weighted by molar-refractivity contribution is -0.139. The molecule has 1 saturated heterocycles. The van der Waals surface area contributed by atoms with Gasteiger partial charge in [0, 0.05) is 24.3 Å². The summed E-state index contributed by atoms with van der Waals surface area (Å²) in [6.45, 7) is 1.71. The molecule has 2 heterocycles. The number of aromatic nitrogens is 2. The topological polar surface area (TPSA) is 29.9 Å². The molecule has 0 radical (unpaired) electrons. The number of hydrogen-bond donors (Lipinski definition) is 1. The van der Waals surface area contributed by atoms with Crippen molar-refractivity contribution in [1.29, 1.82) is 0 Å². The van der Waals surface area contributed by atoms with Gasteiger partial charge in [-0.3, -0.25) is 0 Å². The molecule has 0 aliphatic carbocycles. The van der Waals surface area contributed by atoms with Crippen molar-refractivity contribution in [2.24, 2.45) is 0 Å². The van der Waals surface area contributed by atoms with Crippen molar-refractivity contribution >= 4 is 0 Å². The minimum atomic E-state index is -4.71. The molecule has 3 rings (SSSR count). The van der Waals surface area contributed by atoms with Gasteiger partial charge in [-0.15, -0.1) is 0 Å². The van der Waals surface area contributed by atoms with E-state index < -0.39 is 17.6 Å². The molecule has 0 amide bonds. The Morgan fingerprint density at radius 3 is 2.82 bits per heavy atom. The van der Waals surface area contributed by atoms with Crippen LogP contribution in [0.2, 0.25) is 0 Å². The zero-order valence-electron chi connectivity index (χ0n) is 11.7. The monoisotopic (exact) mass is 313 g/mol. The average molecular weight is 313 g/mol. The summed E-state index contributed by atoms with van der Waals surface area (Å²) in [5, 5.41) is 3.34. The number of hydrogen-bond acceptors (Lipinski definition) is 2. The van der Waals surface area contributed by atoms with Crippen LogP contribution in [0.3, 0.4) is 0 Å². The van der Waals surface area contributed by atoms with Crippen LogP contribution in [0.15, 0.2) is 30.7 Å². The maximum Gasteiger partial charge on any atom is 0.419 e. The van der Waals surface area contributed by atoms with Crippen molar-refractivity contribution in [3.63, 3.8) is 0 Å². The van der Waals surface area contributed by atoms with Crippen LogP contribution in [0.1, 0.15) is 18.4 Å². The van der Waals surface area contributed by atoms with Gasteiger partial charge in [-0.05, 0) is 37.6 Å². The second-order valence-corrected chi connectivity index (χ2v) is 5.44. The Hall–Kier alpha value is -1.89. The van der Waals surface area contributed by atoms with E-state index in [1.54, 1.807) is 12.5 Å². The predicted molar refractivity (Wildman–Crippen MR) is 73.6 cm³/mol. The molecular weight excluding hydrogens is 298 g/mol. The van der Waals surface area contributed by atoms with Gasteiger partial charge >= 0.3 is 6.18 Å². The van der Waals surface area contributed by atoms with E-state index in [1.807, 2.05) is 4.57 Å². The molecule has 1 aromatic carbocycles. The summed E-state index contributed by atoms with van der Waals surface area (Å²) in [4.78, 5) is 4.13. The predicted octanol–water partition coefficient (Wildman–Crippen LogP) is 3.46. The van der Waals surface area contributed by atoms with Crippen molar-refractivity contribution in [1.82, 2.24) is 14.9 Å². The summed E-state index contributed by atoms with van der Waals surface area (Å²) >= 11 is 0. The molecule has 1 aliphatic rings. The van der Waals surface area contributed by atoms with Crippen molar-refractivity contribution in [3.05, 3.63) is 42.1 Å². The van der Waals surface area contributed by atoms with Crippen LogP contribution in [-0.4, -0.2) is 22.1 Å². The van der Waals surface area contributed by atoms with E-state index in [9.17, 15) is 17.6 Å². The molecule has 1 fully saturated rings. The Morgan fingerprint density at radius 2 is 2.14 bits per heavy atom. The van der Waals surface area contributed by atoms with Crippen LogP contribution >= 0.6 is 0 Å². The van der Waals surface area contributed by atoms with Crippen molar-refractivity contribution in [2.75, 3.05) is 6.54 Å². The van der Waals surface area contributed by atoms with E-state index in [2.05, 4.69) is 10.3 Å². The maximum absolute atomic E-state index is 13.3. The van der Waals surface area contributed by atoms with Crippen LogP contribution in [-0.2, 0) is 12.7 Å². The Labute approximate surface area is 125 Å². The Kier molecular flexibility index (Phi) is 3.90. The second kappa shape index (κ2) is 5.72. The number of nitrogens with zero attached hydrogens (tertiary/aromatic N) is 2. The average Bonchev–Trinajstić information content (AvgIpc) is 3.10. The standard InChI is InChI=1S/C15H15F4N3/c16-13-4-3-10(6-12(13)15(17,18)19)14-8-22(9-21-14)7-11-2-1-5-20-11/h3-4,6,8-9,11,20H,1-2,5,7H2. The highest BCUT2D eigenvalue weighted by Gasteiger charge is 2.34. The van der Waals surface area contributed by atoms with Gasteiger partial charge in [0.1, 0.15) is 5.82 Å². The molecule has 0 bridgehead atoms. The highest BCUT2D eigenvalue weighted by molar-refractivity contribution is 5.59. The first-order valence-electron chi connectivity index (χ1n) is 7.06. The molecule has 0 spiro atoms. The highest BCUT2D eigenvalue weighted by atomic mass is 19.4. The molecule has 1 aromatic heterocycles. The third kappa shape index (κ3) is 3.14. The van der Waals surface area contributed by atoms with Crippen LogP contribution in [0.4, 0.5) is 17.6 Å². The van der Waals surface area contributed by atoms with E-state index in [0.29, 0.717) is 11.7 Å². The van der Waals surface area contributed by atoms with Gasteiger partial charge < -0.3 is 9.88 Å². The van der Waals surface area contributed by atoms with Gasteiger partial charge in [0.05, 0.1) is 17.6 Å². The quantitative estimate of drug-likeness (QED) is 0.880. The molecule has 1 aliphatic heterocycles. The highest BCUT2D eigenvalue weighted by Crippen LogP contribution is 2.33. The molecule has 1 N–H and O–H groups in total. The lowest BCUT2D eigenvalue weighted by Gasteiger charge is -2.10. The van der Waals surface area contributed by atoms with Crippen LogP contribution in [0, 0.1) is 5.82 Å². The van der Waals surface area contributed by atoms with Crippen LogP contribution in [0.5, 0.6) is 0 Å². The molecular formula is C15H15F4N3. The number of nitrogens with one attached hydrogen (secondary N) is 1. The number of imidazole rings is 1. The molecule has 7 heteroatoms. The SMILES string of the molecule is Fc1ccc(-c2cn(CC3CCCN3)cn2)cc1C(F)(F)F. The number of halogens is 4. The van der Waals surface area contributed by atoms with Gasteiger partial charge in [-0.2, -0.15) is 13.2 Å². The normalized spacial score (nSPS) is 18.8. The molecule has 22 heavy (non-hydrogen) atoms. The third-order valence-electron chi connectivity index (χ3n) is 3.79. The van der Waals surface area contributed by atoms with E-state index in [0.717, 1.165) is 38.1 Å². The first kappa shape index (κ1) is 15.0. The van der Waals surface area contributed by atoms with Gasteiger partial charge in [0.2, 0.25) is 0 Å². The third-order valence-corrected chi connectivity index (χ3v) is 3.79. The smallest absolute Gasteiger partial charge is 0.335 e. The van der Waals surface area contributed by atoms with E-state index in [4.69, 9.17) is 0 Å². The summed E-state index contributed by atoms with van der Waals surface area (Å²) < 4.78 is 53.4. The fraction of sp³-hybridized carbons (Fsp3) is 0.400. The minimum absolute atomic E-state index is 0.256. The molecule has 1 unspecified atom stereocenters. The lowest BCUT2D eigenvalue weighted by atomic mass is 10.1. The molecule has 2 aromatic rings. The maximum atomic E-state index is 13.3. The lowest BCUT2D eigenvalue weighted by Crippen LogP contribution is -2.26. The van der Waals surface area contributed by atoms with Gasteiger partial charge in [-0.25, -0.2) is 9.37 Å². The summed E-state index contributed by atoms with van der Waals surface area (Å²) in [6, 6.07) is 3.30. The first-order chi connectivity index (χ1) is 10.4. The number of alkyl halides is 3. The van der Waals surface area contributed by atoms with E-state index >= 15 is 0 Å². The fourth-order valence-corrected chi connectivity index (χ4v) is 2.68. The summed E-state index contributed by atoms with van der Waals surface area (Å²) in [7, 11) is 0. The first-order valence-corrected chi connectivity index (χ1v) is 7.06.